The third-order valence-electron chi connectivity index (χ3n) is 4.05. The predicted molar refractivity (Wildman–Crippen MR) is 112 cm³/mol. The first-order valence-electron chi connectivity index (χ1n) is 9.01. The van der Waals surface area contributed by atoms with Gasteiger partial charge in [-0.2, -0.15) is 0 Å². The zero-order valence-electron chi connectivity index (χ0n) is 15.6. The number of hydrogen-bond donors (Lipinski definition) is 1. The number of benzene rings is 2. The molecule has 0 saturated carbocycles. The molecule has 0 aliphatic rings. The zero-order chi connectivity index (χ0) is 20.5. The zero-order valence-corrected chi connectivity index (χ0v) is 17.1. The van der Waals surface area contributed by atoms with Gasteiger partial charge in [0.25, 0.3) is 0 Å². The second kappa shape index (κ2) is 10.8. The second-order valence-corrected chi connectivity index (χ2v) is 7.12. The number of carbonyl (C=O) groups excluding carboxylic acids is 3. The molecule has 0 saturated heterocycles. The Morgan fingerprint density at radius 2 is 1.71 bits per heavy atom. The van der Waals surface area contributed by atoms with Gasteiger partial charge in [0.2, 0.25) is 11.8 Å². The number of rotatable bonds is 9. The Morgan fingerprint density at radius 1 is 1.00 bits per heavy atom. The fraction of sp³-hybridized carbons (Fsp3) is 0.286. The molecule has 28 heavy (non-hydrogen) atoms. The summed E-state index contributed by atoms with van der Waals surface area (Å²) in [5, 5.41) is 3.47. The number of nitrogens with zero attached hydrogens (tertiary/aromatic N) is 1. The fourth-order valence-corrected chi connectivity index (χ4v) is 3.12. The number of amides is 2. The Labute approximate surface area is 174 Å². The molecule has 0 heterocycles. The van der Waals surface area contributed by atoms with Crippen molar-refractivity contribution >= 4 is 46.5 Å². The Bertz CT molecular complexity index is 841. The predicted octanol–water partition coefficient (Wildman–Crippen LogP) is 4.83. The number of anilines is 1. The van der Waals surface area contributed by atoms with Crippen LogP contribution >= 0.6 is 23.2 Å². The van der Waals surface area contributed by atoms with Crippen molar-refractivity contribution in [2.75, 3.05) is 18.4 Å². The van der Waals surface area contributed by atoms with Gasteiger partial charge in [-0.05, 0) is 24.6 Å². The minimum atomic E-state index is -0.361. The van der Waals surface area contributed by atoms with Crippen LogP contribution in [0.3, 0.4) is 0 Å². The van der Waals surface area contributed by atoms with Crippen LogP contribution in [0.2, 0.25) is 10.0 Å². The molecular formula is C21H22Cl2N2O3. The molecule has 0 atom stereocenters. The largest absolute Gasteiger partial charge is 0.333 e. The molecule has 7 heteroatoms. The highest BCUT2D eigenvalue weighted by Gasteiger charge is 2.18. The second-order valence-electron chi connectivity index (χ2n) is 6.28. The van der Waals surface area contributed by atoms with Gasteiger partial charge in [0.05, 0.1) is 17.3 Å². The lowest BCUT2D eigenvalue weighted by molar-refractivity contribution is -0.134. The Kier molecular flexibility index (Phi) is 8.48. The van der Waals surface area contributed by atoms with Crippen molar-refractivity contribution < 1.29 is 14.4 Å². The minimum Gasteiger partial charge on any atom is -0.333 e. The molecule has 0 bridgehead atoms. The lowest BCUT2D eigenvalue weighted by Gasteiger charge is -2.21. The van der Waals surface area contributed by atoms with E-state index in [1.54, 1.807) is 36.4 Å². The maximum Gasteiger partial charge on any atom is 0.244 e. The van der Waals surface area contributed by atoms with E-state index >= 15 is 0 Å². The number of halogens is 2. The molecule has 0 aromatic heterocycles. The van der Waals surface area contributed by atoms with E-state index in [0.717, 1.165) is 0 Å². The van der Waals surface area contributed by atoms with Crippen molar-refractivity contribution in [2.45, 2.75) is 26.2 Å². The quantitative estimate of drug-likeness (QED) is 0.590. The molecule has 0 unspecified atom stereocenters. The summed E-state index contributed by atoms with van der Waals surface area (Å²) in [5.74, 6) is -0.688. The summed E-state index contributed by atoms with van der Waals surface area (Å²) in [4.78, 5) is 38.5. The summed E-state index contributed by atoms with van der Waals surface area (Å²) in [6.45, 7) is 2.24. The number of carbonyl (C=O) groups is 3. The van der Waals surface area contributed by atoms with Gasteiger partial charge < -0.3 is 10.2 Å². The first-order valence-corrected chi connectivity index (χ1v) is 9.77. The van der Waals surface area contributed by atoms with Gasteiger partial charge in [-0.1, -0.05) is 60.5 Å². The molecule has 0 aliphatic carbocycles. The highest BCUT2D eigenvalue weighted by atomic mass is 35.5. The smallest absolute Gasteiger partial charge is 0.244 e. The normalized spacial score (nSPS) is 10.4. The van der Waals surface area contributed by atoms with Crippen molar-refractivity contribution in [3.05, 3.63) is 64.1 Å². The van der Waals surface area contributed by atoms with Crippen molar-refractivity contribution in [3.8, 4) is 0 Å². The average Bonchev–Trinajstić information content (AvgIpc) is 2.68. The number of hydrogen-bond acceptors (Lipinski definition) is 3. The van der Waals surface area contributed by atoms with Gasteiger partial charge in [0.15, 0.2) is 5.78 Å². The third kappa shape index (κ3) is 6.66. The third-order valence-corrected chi connectivity index (χ3v) is 4.60. The summed E-state index contributed by atoms with van der Waals surface area (Å²) < 4.78 is 0. The topological polar surface area (TPSA) is 66.5 Å². The summed E-state index contributed by atoms with van der Waals surface area (Å²) in [7, 11) is 0. The first-order chi connectivity index (χ1) is 13.4. The number of ketones is 1. The Balaban J connectivity index is 1.92. The van der Waals surface area contributed by atoms with Crippen LogP contribution in [0.15, 0.2) is 48.5 Å². The SMILES string of the molecule is CCCN(CC(=O)Nc1ccc(Cl)cc1Cl)C(=O)CCC(=O)c1ccccc1. The van der Waals surface area contributed by atoms with Gasteiger partial charge in [-0.25, -0.2) is 0 Å². The van der Waals surface area contributed by atoms with Gasteiger partial charge in [-0.15, -0.1) is 0 Å². The maximum atomic E-state index is 12.5. The van der Waals surface area contributed by atoms with E-state index in [0.29, 0.717) is 34.3 Å². The Hall–Kier alpha value is -2.37. The van der Waals surface area contributed by atoms with E-state index in [1.165, 1.54) is 11.0 Å². The monoisotopic (exact) mass is 420 g/mol. The van der Waals surface area contributed by atoms with Crippen molar-refractivity contribution in [2.24, 2.45) is 0 Å². The molecular weight excluding hydrogens is 399 g/mol. The van der Waals surface area contributed by atoms with Crippen LogP contribution in [-0.2, 0) is 9.59 Å². The molecule has 148 valence electrons. The molecule has 5 nitrogen and oxygen atoms in total. The summed E-state index contributed by atoms with van der Waals surface area (Å²) in [5.41, 5.74) is 1.01. The maximum absolute atomic E-state index is 12.5. The van der Waals surface area contributed by atoms with E-state index in [1.807, 2.05) is 13.0 Å². The summed E-state index contributed by atoms with van der Waals surface area (Å²) >= 11 is 11.9. The molecule has 2 aromatic rings. The van der Waals surface area contributed by atoms with Gasteiger partial charge in [0, 0.05) is 30.0 Å². The lowest BCUT2D eigenvalue weighted by atomic mass is 10.1. The lowest BCUT2D eigenvalue weighted by Crippen LogP contribution is -2.38. The van der Waals surface area contributed by atoms with Crippen LogP contribution in [0.5, 0.6) is 0 Å². The van der Waals surface area contributed by atoms with E-state index < -0.39 is 0 Å². The molecule has 2 rings (SSSR count). The molecule has 0 aliphatic heterocycles. The van der Waals surface area contributed by atoms with E-state index in [-0.39, 0.29) is 37.0 Å². The van der Waals surface area contributed by atoms with Crippen molar-refractivity contribution in [1.82, 2.24) is 4.90 Å². The van der Waals surface area contributed by atoms with Crippen LogP contribution in [0.1, 0.15) is 36.5 Å². The van der Waals surface area contributed by atoms with E-state index in [9.17, 15) is 14.4 Å². The molecule has 2 aromatic carbocycles. The highest BCUT2D eigenvalue weighted by Crippen LogP contribution is 2.25. The first kappa shape index (κ1) is 21.9. The van der Waals surface area contributed by atoms with Crippen molar-refractivity contribution in [3.63, 3.8) is 0 Å². The molecule has 0 fully saturated rings. The van der Waals surface area contributed by atoms with Crippen LogP contribution in [0.4, 0.5) is 5.69 Å². The van der Waals surface area contributed by atoms with Crippen LogP contribution in [0, 0.1) is 0 Å². The summed E-state index contributed by atoms with van der Waals surface area (Å²) in [6.07, 6.45) is 0.865. The molecule has 1 N–H and O–H groups in total. The van der Waals surface area contributed by atoms with E-state index in [4.69, 9.17) is 23.2 Å². The van der Waals surface area contributed by atoms with Crippen molar-refractivity contribution in [1.29, 1.82) is 0 Å². The summed E-state index contributed by atoms with van der Waals surface area (Å²) in [6, 6.07) is 13.6. The number of Topliss-reactive ketones (excluding diaryl/α,β-unsaturated/α-hetero) is 1. The van der Waals surface area contributed by atoms with Crippen LogP contribution in [0.25, 0.3) is 0 Å². The Morgan fingerprint density at radius 3 is 2.36 bits per heavy atom. The minimum absolute atomic E-state index is 0.0582. The number of nitrogens with one attached hydrogen (secondary N) is 1. The van der Waals surface area contributed by atoms with E-state index in [2.05, 4.69) is 5.32 Å². The highest BCUT2D eigenvalue weighted by molar-refractivity contribution is 6.36. The molecule has 0 radical (unpaired) electrons. The standard InChI is InChI=1S/C21H22Cl2N2O3/c1-2-12-25(14-20(27)24-18-9-8-16(22)13-17(18)23)21(28)11-10-19(26)15-6-4-3-5-7-15/h3-9,13H,2,10-12,14H2,1H3,(H,24,27). The van der Waals surface area contributed by atoms with Crippen LogP contribution < -0.4 is 5.32 Å². The van der Waals surface area contributed by atoms with Gasteiger partial charge >= 0.3 is 0 Å². The molecule has 0 spiro atoms. The molecule has 2 amide bonds. The van der Waals surface area contributed by atoms with Gasteiger partial charge in [-0.3, -0.25) is 14.4 Å². The average molecular weight is 421 g/mol. The fourth-order valence-electron chi connectivity index (χ4n) is 2.66. The van der Waals surface area contributed by atoms with Crippen LogP contribution in [-0.4, -0.2) is 35.6 Å². The van der Waals surface area contributed by atoms with Gasteiger partial charge in [0.1, 0.15) is 0 Å².